The molecule has 1 aromatic heterocycles. The number of esters is 1. The Morgan fingerprint density at radius 3 is 2.27 bits per heavy atom. The van der Waals surface area contributed by atoms with E-state index < -0.39 is 22.6 Å². The van der Waals surface area contributed by atoms with Crippen molar-refractivity contribution < 1.29 is 27.5 Å². The maximum absolute atomic E-state index is 13.3. The van der Waals surface area contributed by atoms with E-state index in [0.717, 1.165) is 43.6 Å². The van der Waals surface area contributed by atoms with E-state index in [4.69, 9.17) is 9.47 Å². The number of benzene rings is 1. The highest BCUT2D eigenvalue weighted by molar-refractivity contribution is 7.89. The molecule has 3 rings (SSSR count). The van der Waals surface area contributed by atoms with Crippen LogP contribution in [0.2, 0.25) is 0 Å². The van der Waals surface area contributed by atoms with Crippen LogP contribution in [0.25, 0.3) is 0 Å². The van der Waals surface area contributed by atoms with Crippen molar-refractivity contribution in [1.82, 2.24) is 8.87 Å². The summed E-state index contributed by atoms with van der Waals surface area (Å²) in [6, 6.07) is 5.94. The van der Waals surface area contributed by atoms with Crippen molar-refractivity contribution in [1.29, 1.82) is 0 Å². The van der Waals surface area contributed by atoms with E-state index >= 15 is 0 Å². The fourth-order valence-electron chi connectivity index (χ4n) is 4.29. The Labute approximate surface area is 195 Å². The van der Waals surface area contributed by atoms with Crippen LogP contribution in [0.5, 0.6) is 5.75 Å². The first-order valence-electron chi connectivity index (χ1n) is 11.3. The molecule has 0 atom stereocenters. The van der Waals surface area contributed by atoms with Gasteiger partial charge in [0.25, 0.3) is 0 Å². The van der Waals surface area contributed by atoms with Gasteiger partial charge in [-0.3, -0.25) is 4.79 Å². The summed E-state index contributed by atoms with van der Waals surface area (Å²) in [6.07, 6.45) is 3.57. The Hall–Kier alpha value is -2.65. The molecule has 0 radical (unpaired) electrons. The van der Waals surface area contributed by atoms with Gasteiger partial charge in [-0.2, -0.15) is 4.31 Å². The van der Waals surface area contributed by atoms with E-state index in [1.165, 1.54) is 29.6 Å². The molecule has 0 spiro atoms. The van der Waals surface area contributed by atoms with Crippen LogP contribution < -0.4 is 4.74 Å². The van der Waals surface area contributed by atoms with E-state index in [1.54, 1.807) is 6.07 Å². The third-order valence-electron chi connectivity index (χ3n) is 6.11. The van der Waals surface area contributed by atoms with Gasteiger partial charge >= 0.3 is 5.97 Å². The molecule has 2 heterocycles. The average Bonchev–Trinajstić information content (AvgIpc) is 2.98. The van der Waals surface area contributed by atoms with Crippen molar-refractivity contribution in [3.8, 4) is 5.75 Å². The predicted molar refractivity (Wildman–Crippen MR) is 124 cm³/mol. The van der Waals surface area contributed by atoms with Gasteiger partial charge in [0.05, 0.1) is 12.7 Å². The quantitative estimate of drug-likeness (QED) is 0.426. The van der Waals surface area contributed by atoms with Crippen LogP contribution in [0, 0.1) is 13.8 Å². The minimum absolute atomic E-state index is 0.0519. The number of carbonyl (C=O) groups excluding carboxylic acids is 2. The lowest BCUT2D eigenvalue weighted by atomic mass is 10.1. The highest BCUT2D eigenvalue weighted by Crippen LogP contribution is 2.29. The third kappa shape index (κ3) is 5.30. The van der Waals surface area contributed by atoms with E-state index in [2.05, 4.69) is 0 Å². The summed E-state index contributed by atoms with van der Waals surface area (Å²) < 4.78 is 40.5. The molecule has 1 saturated heterocycles. The Balaban J connectivity index is 1.79. The van der Waals surface area contributed by atoms with Gasteiger partial charge in [0.2, 0.25) is 15.8 Å². The third-order valence-corrected chi connectivity index (χ3v) is 8.03. The maximum Gasteiger partial charge on any atom is 0.338 e. The van der Waals surface area contributed by atoms with E-state index in [0.29, 0.717) is 18.7 Å². The van der Waals surface area contributed by atoms with Crippen molar-refractivity contribution in [3.63, 3.8) is 0 Å². The highest BCUT2D eigenvalue weighted by Gasteiger charge is 2.29. The number of nitrogens with zero attached hydrogens (tertiary/aromatic N) is 2. The number of hydrogen-bond acceptors (Lipinski definition) is 6. The van der Waals surface area contributed by atoms with Gasteiger partial charge in [-0.25, -0.2) is 13.2 Å². The molecule has 0 bridgehead atoms. The van der Waals surface area contributed by atoms with Gasteiger partial charge in [-0.05, 0) is 57.9 Å². The van der Waals surface area contributed by atoms with Crippen molar-refractivity contribution >= 4 is 21.8 Å². The monoisotopic (exact) mass is 476 g/mol. The molecule has 0 unspecified atom stereocenters. The number of methoxy groups -OCH3 is 1. The predicted octanol–water partition coefficient (Wildman–Crippen LogP) is 3.74. The number of Topliss-reactive ketones (excluding diaryl/α,β-unsaturated/α-hetero) is 1. The molecular weight excluding hydrogens is 444 g/mol. The second-order valence-corrected chi connectivity index (χ2v) is 10.1. The number of hydrogen-bond donors (Lipinski definition) is 0. The molecule has 1 aromatic carbocycles. The highest BCUT2D eigenvalue weighted by atomic mass is 32.2. The topological polar surface area (TPSA) is 94.9 Å². The smallest absolute Gasteiger partial charge is 0.338 e. The fourth-order valence-corrected chi connectivity index (χ4v) is 5.99. The van der Waals surface area contributed by atoms with Gasteiger partial charge in [0, 0.05) is 36.6 Å². The number of aryl methyl sites for hydroxylation is 1. The summed E-state index contributed by atoms with van der Waals surface area (Å²) in [5.41, 5.74) is 2.35. The molecule has 180 valence electrons. The van der Waals surface area contributed by atoms with Crippen molar-refractivity contribution in [3.05, 3.63) is 46.8 Å². The summed E-state index contributed by atoms with van der Waals surface area (Å²) in [7, 11) is -2.45. The van der Waals surface area contributed by atoms with Gasteiger partial charge in [-0.1, -0.05) is 12.8 Å². The molecule has 1 fully saturated rings. The van der Waals surface area contributed by atoms with E-state index in [1.807, 2.05) is 25.3 Å². The molecular formula is C24H32N2O6S. The van der Waals surface area contributed by atoms with Gasteiger partial charge in [0.15, 0.2) is 6.61 Å². The van der Waals surface area contributed by atoms with Crippen LogP contribution in [0.1, 0.15) is 64.7 Å². The van der Waals surface area contributed by atoms with Crippen LogP contribution in [-0.2, 0) is 21.3 Å². The molecule has 0 N–H and O–H groups in total. The molecule has 2 aromatic rings. The van der Waals surface area contributed by atoms with Crippen LogP contribution in [0.3, 0.4) is 0 Å². The van der Waals surface area contributed by atoms with Crippen LogP contribution in [-0.4, -0.2) is 55.8 Å². The number of carbonyl (C=O) groups is 2. The van der Waals surface area contributed by atoms with E-state index in [9.17, 15) is 18.0 Å². The largest absolute Gasteiger partial charge is 0.495 e. The fraction of sp³-hybridized carbons (Fsp3) is 0.500. The Morgan fingerprint density at radius 2 is 1.70 bits per heavy atom. The second-order valence-electron chi connectivity index (χ2n) is 8.21. The van der Waals surface area contributed by atoms with Crippen molar-refractivity contribution in [2.24, 2.45) is 0 Å². The molecule has 8 nitrogen and oxygen atoms in total. The van der Waals surface area contributed by atoms with Crippen LogP contribution in [0.15, 0.2) is 29.2 Å². The first-order valence-corrected chi connectivity index (χ1v) is 12.7. The lowest BCUT2D eigenvalue weighted by Gasteiger charge is -2.21. The zero-order valence-electron chi connectivity index (χ0n) is 19.7. The Morgan fingerprint density at radius 1 is 1.03 bits per heavy atom. The normalized spacial score (nSPS) is 15.2. The summed E-state index contributed by atoms with van der Waals surface area (Å²) in [6.45, 7) is 6.96. The van der Waals surface area contributed by atoms with Gasteiger partial charge in [0.1, 0.15) is 10.6 Å². The molecule has 1 aliphatic rings. The molecule has 0 aliphatic carbocycles. The Bertz CT molecular complexity index is 1130. The SMILES string of the molecule is CCn1c(C)cc(C(=O)COC(=O)c2ccc(OC)c(S(=O)(=O)N3CCCCCC3)c2)c1C. The zero-order chi connectivity index (χ0) is 24.2. The second kappa shape index (κ2) is 10.5. The van der Waals surface area contributed by atoms with E-state index in [-0.39, 0.29) is 22.0 Å². The minimum atomic E-state index is -3.84. The minimum Gasteiger partial charge on any atom is -0.495 e. The summed E-state index contributed by atoms with van der Waals surface area (Å²) >= 11 is 0. The number of ketones is 1. The molecule has 9 heteroatoms. The zero-order valence-corrected chi connectivity index (χ0v) is 20.5. The number of rotatable bonds is 8. The summed E-state index contributed by atoms with van der Waals surface area (Å²) in [5, 5.41) is 0. The molecule has 33 heavy (non-hydrogen) atoms. The molecule has 0 saturated carbocycles. The lowest BCUT2D eigenvalue weighted by molar-refractivity contribution is 0.0474. The first kappa shape index (κ1) is 25.0. The van der Waals surface area contributed by atoms with Crippen LogP contribution >= 0.6 is 0 Å². The maximum atomic E-state index is 13.3. The van der Waals surface area contributed by atoms with Gasteiger partial charge < -0.3 is 14.0 Å². The summed E-state index contributed by atoms with van der Waals surface area (Å²) in [4.78, 5) is 25.2. The number of sulfonamides is 1. The van der Waals surface area contributed by atoms with Crippen molar-refractivity contribution in [2.75, 3.05) is 26.8 Å². The molecule has 0 amide bonds. The first-order chi connectivity index (χ1) is 15.7. The van der Waals surface area contributed by atoms with Crippen LogP contribution in [0.4, 0.5) is 0 Å². The van der Waals surface area contributed by atoms with Crippen molar-refractivity contribution in [2.45, 2.75) is 57.9 Å². The number of ether oxygens (including phenoxy) is 2. The number of aromatic nitrogens is 1. The Kier molecular flexibility index (Phi) is 7.97. The average molecular weight is 477 g/mol. The standard InChI is InChI=1S/C24H32N2O6S/c1-5-26-17(2)14-20(18(26)3)21(27)16-32-24(28)19-10-11-22(31-4)23(15-19)33(29,30)25-12-8-6-7-9-13-25/h10-11,14-15H,5-9,12-13,16H2,1-4H3. The van der Waals surface area contributed by atoms with Gasteiger partial charge in [-0.15, -0.1) is 0 Å². The summed E-state index contributed by atoms with van der Waals surface area (Å²) in [5.74, 6) is -0.899. The lowest BCUT2D eigenvalue weighted by Crippen LogP contribution is -2.32. The molecule has 1 aliphatic heterocycles.